The van der Waals surface area contributed by atoms with E-state index in [2.05, 4.69) is 20.3 Å². The highest BCUT2D eigenvalue weighted by atomic mass is 16.3. The molecule has 0 aliphatic rings. The summed E-state index contributed by atoms with van der Waals surface area (Å²) >= 11 is 0. The average molecular weight is 311 g/mol. The van der Waals surface area contributed by atoms with Crippen molar-refractivity contribution >= 4 is 5.91 Å². The number of carbonyl (C=O) groups is 1. The molecule has 0 aliphatic heterocycles. The van der Waals surface area contributed by atoms with E-state index in [0.29, 0.717) is 18.0 Å². The summed E-state index contributed by atoms with van der Waals surface area (Å²) in [5, 5.41) is 2.76. The third kappa shape index (κ3) is 3.83. The summed E-state index contributed by atoms with van der Waals surface area (Å²) in [6.07, 6.45) is 5.14. The van der Waals surface area contributed by atoms with Crippen molar-refractivity contribution < 1.29 is 9.21 Å². The Kier molecular flexibility index (Phi) is 4.49. The van der Waals surface area contributed by atoms with E-state index in [9.17, 15) is 4.79 Å². The molecule has 1 amide bonds. The number of nitrogens with two attached hydrogens (primary N) is 1. The van der Waals surface area contributed by atoms with Crippen LogP contribution in [0.2, 0.25) is 0 Å². The molecule has 0 spiro atoms. The second kappa shape index (κ2) is 6.89. The molecule has 1 atom stereocenters. The second-order valence-electron chi connectivity index (χ2n) is 5.12. The Morgan fingerprint density at radius 3 is 2.91 bits per heavy atom. The summed E-state index contributed by atoms with van der Waals surface area (Å²) in [7, 11) is 0. The average Bonchev–Trinajstić information content (AvgIpc) is 3.25. The summed E-state index contributed by atoms with van der Waals surface area (Å²) < 4.78 is 5.42. The molecule has 0 fully saturated rings. The van der Waals surface area contributed by atoms with Gasteiger partial charge in [0.25, 0.3) is 0 Å². The Bertz CT molecular complexity index is 752. The minimum atomic E-state index is -0.643. The van der Waals surface area contributed by atoms with Gasteiger partial charge >= 0.3 is 0 Å². The van der Waals surface area contributed by atoms with Crippen molar-refractivity contribution in [1.82, 2.24) is 20.3 Å². The van der Waals surface area contributed by atoms with Gasteiger partial charge in [-0.1, -0.05) is 18.2 Å². The van der Waals surface area contributed by atoms with Gasteiger partial charge in [-0.05, 0) is 12.1 Å². The smallest absolute Gasteiger partial charge is 0.237 e. The highest BCUT2D eigenvalue weighted by Gasteiger charge is 2.15. The zero-order valence-corrected chi connectivity index (χ0v) is 12.4. The number of nitrogens with one attached hydrogen (secondary N) is 2. The Morgan fingerprint density at radius 2 is 2.17 bits per heavy atom. The minimum absolute atomic E-state index is 0.246. The van der Waals surface area contributed by atoms with Gasteiger partial charge in [0.15, 0.2) is 0 Å². The van der Waals surface area contributed by atoms with Gasteiger partial charge in [0.05, 0.1) is 24.6 Å². The molecule has 7 nitrogen and oxygen atoms in total. The standard InChI is InChI=1S/C16H17N5O2/c17-14(6-12-7-18-10-20-12)15(22)19-8-13-9-23-16(21-13)11-4-2-1-3-5-11/h1-5,7,9-10,14H,6,8,17H2,(H,18,20)(H,19,22)/t14-/m0/s1. The molecular formula is C16H17N5O2. The maximum Gasteiger partial charge on any atom is 0.237 e. The van der Waals surface area contributed by atoms with Crippen LogP contribution in [0.25, 0.3) is 11.5 Å². The van der Waals surface area contributed by atoms with E-state index in [1.54, 1.807) is 12.5 Å². The third-order valence-corrected chi connectivity index (χ3v) is 3.35. The van der Waals surface area contributed by atoms with E-state index in [4.69, 9.17) is 10.2 Å². The van der Waals surface area contributed by atoms with Gasteiger partial charge in [-0.2, -0.15) is 0 Å². The molecule has 1 aromatic carbocycles. The number of aromatic amines is 1. The van der Waals surface area contributed by atoms with Crippen LogP contribution in [-0.2, 0) is 17.8 Å². The Morgan fingerprint density at radius 1 is 1.35 bits per heavy atom. The monoisotopic (exact) mass is 311 g/mol. The molecule has 0 bridgehead atoms. The summed E-state index contributed by atoms with van der Waals surface area (Å²) in [5.41, 5.74) is 8.22. The molecule has 0 radical (unpaired) electrons. The van der Waals surface area contributed by atoms with Crippen molar-refractivity contribution in [3.63, 3.8) is 0 Å². The predicted octanol–water partition coefficient (Wildman–Crippen LogP) is 1.25. The van der Waals surface area contributed by atoms with Crippen LogP contribution in [0.1, 0.15) is 11.4 Å². The maximum atomic E-state index is 12.0. The van der Waals surface area contributed by atoms with Crippen molar-refractivity contribution in [2.45, 2.75) is 19.0 Å². The molecular weight excluding hydrogens is 294 g/mol. The minimum Gasteiger partial charge on any atom is -0.444 e. The SMILES string of the molecule is N[C@@H](Cc1cnc[nH]1)C(=O)NCc1coc(-c2ccccc2)n1. The number of carbonyl (C=O) groups excluding carboxylic acids is 1. The molecule has 118 valence electrons. The van der Waals surface area contributed by atoms with E-state index in [1.165, 1.54) is 6.26 Å². The number of H-pyrrole nitrogens is 1. The van der Waals surface area contributed by atoms with Crippen molar-refractivity contribution in [2.24, 2.45) is 5.73 Å². The van der Waals surface area contributed by atoms with Crippen LogP contribution in [0.3, 0.4) is 0 Å². The Labute approximate surface area is 132 Å². The first-order valence-electron chi connectivity index (χ1n) is 7.23. The number of aromatic nitrogens is 3. The van der Waals surface area contributed by atoms with E-state index >= 15 is 0 Å². The molecule has 23 heavy (non-hydrogen) atoms. The van der Waals surface area contributed by atoms with Crippen LogP contribution in [-0.4, -0.2) is 26.9 Å². The number of hydrogen-bond acceptors (Lipinski definition) is 5. The van der Waals surface area contributed by atoms with Crippen LogP contribution >= 0.6 is 0 Å². The molecule has 3 rings (SSSR count). The molecule has 3 aromatic rings. The largest absolute Gasteiger partial charge is 0.444 e. The van der Waals surface area contributed by atoms with Gasteiger partial charge in [-0.3, -0.25) is 4.79 Å². The van der Waals surface area contributed by atoms with Gasteiger partial charge in [0.2, 0.25) is 11.8 Å². The van der Waals surface area contributed by atoms with Gasteiger partial charge in [-0.15, -0.1) is 0 Å². The number of oxazole rings is 1. The molecule has 2 aromatic heterocycles. The predicted molar refractivity (Wildman–Crippen MR) is 84.1 cm³/mol. The first-order valence-corrected chi connectivity index (χ1v) is 7.23. The van der Waals surface area contributed by atoms with Gasteiger partial charge in [0.1, 0.15) is 6.26 Å². The number of rotatable bonds is 6. The van der Waals surface area contributed by atoms with E-state index in [-0.39, 0.29) is 12.5 Å². The first kappa shape index (κ1) is 15.0. The van der Waals surface area contributed by atoms with Crippen LogP contribution < -0.4 is 11.1 Å². The summed E-state index contributed by atoms with van der Waals surface area (Å²) in [4.78, 5) is 23.2. The van der Waals surface area contributed by atoms with Crippen molar-refractivity contribution in [3.8, 4) is 11.5 Å². The maximum absolute atomic E-state index is 12.0. The molecule has 7 heteroatoms. The highest BCUT2D eigenvalue weighted by Crippen LogP contribution is 2.17. The lowest BCUT2D eigenvalue weighted by molar-refractivity contribution is -0.122. The molecule has 0 saturated carbocycles. The molecule has 4 N–H and O–H groups in total. The highest BCUT2D eigenvalue weighted by molar-refractivity contribution is 5.81. The molecule has 0 aliphatic carbocycles. The van der Waals surface area contributed by atoms with Crippen LogP contribution in [0, 0.1) is 0 Å². The van der Waals surface area contributed by atoms with E-state index < -0.39 is 6.04 Å². The van der Waals surface area contributed by atoms with Crippen molar-refractivity contribution in [1.29, 1.82) is 0 Å². The Balaban J connectivity index is 1.54. The molecule has 0 unspecified atom stereocenters. The summed E-state index contributed by atoms with van der Waals surface area (Å²) in [5.74, 6) is 0.278. The Hall–Kier alpha value is -2.93. The molecule has 0 saturated heterocycles. The number of benzene rings is 1. The lowest BCUT2D eigenvalue weighted by Crippen LogP contribution is -2.41. The van der Waals surface area contributed by atoms with E-state index in [1.807, 2.05) is 30.3 Å². The zero-order chi connectivity index (χ0) is 16.1. The second-order valence-corrected chi connectivity index (χ2v) is 5.12. The van der Waals surface area contributed by atoms with Crippen molar-refractivity contribution in [2.75, 3.05) is 0 Å². The third-order valence-electron chi connectivity index (χ3n) is 3.35. The fourth-order valence-electron chi connectivity index (χ4n) is 2.14. The number of imidazole rings is 1. The summed E-state index contributed by atoms with van der Waals surface area (Å²) in [6.45, 7) is 0.270. The topological polar surface area (TPSA) is 110 Å². The number of amides is 1. The quantitative estimate of drug-likeness (QED) is 0.634. The van der Waals surface area contributed by atoms with Crippen molar-refractivity contribution in [3.05, 3.63) is 60.5 Å². The summed E-state index contributed by atoms with van der Waals surface area (Å²) in [6, 6.07) is 8.93. The van der Waals surface area contributed by atoms with Crippen LogP contribution in [0.5, 0.6) is 0 Å². The van der Waals surface area contributed by atoms with Gasteiger partial charge in [0, 0.05) is 23.9 Å². The fourth-order valence-corrected chi connectivity index (χ4v) is 2.14. The number of nitrogens with zero attached hydrogens (tertiary/aromatic N) is 2. The van der Waals surface area contributed by atoms with Gasteiger partial charge < -0.3 is 20.5 Å². The molecule has 2 heterocycles. The van der Waals surface area contributed by atoms with Gasteiger partial charge in [-0.25, -0.2) is 9.97 Å². The number of hydrogen-bond donors (Lipinski definition) is 3. The normalized spacial score (nSPS) is 12.0. The van der Waals surface area contributed by atoms with E-state index in [0.717, 1.165) is 11.3 Å². The lowest BCUT2D eigenvalue weighted by atomic mass is 10.1. The van der Waals surface area contributed by atoms with Crippen LogP contribution in [0.15, 0.2) is 53.5 Å². The zero-order valence-electron chi connectivity index (χ0n) is 12.4. The first-order chi connectivity index (χ1) is 11.2. The fraction of sp³-hybridized carbons (Fsp3) is 0.188. The van der Waals surface area contributed by atoms with Crippen LogP contribution in [0.4, 0.5) is 0 Å². The lowest BCUT2D eigenvalue weighted by Gasteiger charge is -2.10.